The van der Waals surface area contributed by atoms with Crippen molar-refractivity contribution in [3.05, 3.63) is 63.6 Å². The molecule has 0 heterocycles. The first-order chi connectivity index (χ1) is 10.1. The molecule has 2 aromatic rings. The van der Waals surface area contributed by atoms with Crippen molar-refractivity contribution in [3.8, 4) is 5.75 Å². The second kappa shape index (κ2) is 7.07. The SMILES string of the molecule is COc1ccc(C)cc1C(CN)C(O)c1ccc(Br)cc1. The summed E-state index contributed by atoms with van der Waals surface area (Å²) in [6.07, 6.45) is -0.668. The molecule has 0 aliphatic carbocycles. The molecule has 0 fully saturated rings. The lowest BCUT2D eigenvalue weighted by atomic mass is 9.88. The predicted molar refractivity (Wildman–Crippen MR) is 88.6 cm³/mol. The van der Waals surface area contributed by atoms with Crippen molar-refractivity contribution in [2.75, 3.05) is 13.7 Å². The average molecular weight is 350 g/mol. The average Bonchev–Trinajstić information content (AvgIpc) is 2.49. The number of ether oxygens (including phenoxy) is 1. The molecule has 2 aromatic carbocycles. The minimum absolute atomic E-state index is 0.207. The third-order valence-corrected chi connectivity index (χ3v) is 4.16. The maximum absolute atomic E-state index is 10.7. The number of nitrogens with two attached hydrogens (primary N) is 1. The van der Waals surface area contributed by atoms with Gasteiger partial charge in [0, 0.05) is 22.5 Å². The molecular weight excluding hydrogens is 330 g/mol. The molecule has 2 unspecified atom stereocenters. The fourth-order valence-electron chi connectivity index (χ4n) is 2.46. The van der Waals surface area contributed by atoms with Gasteiger partial charge in [0.25, 0.3) is 0 Å². The monoisotopic (exact) mass is 349 g/mol. The third-order valence-electron chi connectivity index (χ3n) is 3.63. The van der Waals surface area contributed by atoms with Crippen molar-refractivity contribution in [2.45, 2.75) is 18.9 Å². The van der Waals surface area contributed by atoms with Crippen LogP contribution in [0.5, 0.6) is 5.75 Å². The number of aliphatic hydroxyl groups is 1. The van der Waals surface area contributed by atoms with Gasteiger partial charge in [-0.1, -0.05) is 45.8 Å². The number of methoxy groups -OCH3 is 1. The Morgan fingerprint density at radius 1 is 1.19 bits per heavy atom. The van der Waals surface area contributed by atoms with Crippen molar-refractivity contribution >= 4 is 15.9 Å². The van der Waals surface area contributed by atoms with Crippen molar-refractivity contribution in [3.63, 3.8) is 0 Å². The first kappa shape index (κ1) is 16.0. The van der Waals surface area contributed by atoms with Gasteiger partial charge < -0.3 is 15.6 Å². The number of hydrogen-bond acceptors (Lipinski definition) is 3. The number of rotatable bonds is 5. The Morgan fingerprint density at radius 2 is 1.86 bits per heavy atom. The molecule has 3 nitrogen and oxygen atoms in total. The van der Waals surface area contributed by atoms with Crippen LogP contribution in [0.25, 0.3) is 0 Å². The van der Waals surface area contributed by atoms with Crippen LogP contribution in [0.15, 0.2) is 46.9 Å². The van der Waals surface area contributed by atoms with Crippen molar-refractivity contribution in [2.24, 2.45) is 5.73 Å². The van der Waals surface area contributed by atoms with E-state index in [1.54, 1.807) is 7.11 Å². The Kier molecular flexibility index (Phi) is 5.39. The standard InChI is InChI=1S/C17H20BrNO2/c1-11-3-8-16(21-2)14(9-11)15(10-19)17(20)12-4-6-13(18)7-5-12/h3-9,15,17,20H,10,19H2,1-2H3. The van der Waals surface area contributed by atoms with Gasteiger partial charge in [-0.3, -0.25) is 0 Å². The Balaban J connectivity index is 2.39. The van der Waals surface area contributed by atoms with Gasteiger partial charge in [-0.15, -0.1) is 0 Å². The highest BCUT2D eigenvalue weighted by Crippen LogP contribution is 2.36. The van der Waals surface area contributed by atoms with Gasteiger partial charge in [-0.25, -0.2) is 0 Å². The largest absolute Gasteiger partial charge is 0.496 e. The lowest BCUT2D eigenvalue weighted by molar-refractivity contribution is 0.146. The van der Waals surface area contributed by atoms with Gasteiger partial charge >= 0.3 is 0 Å². The van der Waals surface area contributed by atoms with Crippen molar-refractivity contribution in [1.29, 1.82) is 0 Å². The molecule has 0 bridgehead atoms. The number of aryl methyl sites for hydroxylation is 1. The van der Waals surface area contributed by atoms with Crippen LogP contribution >= 0.6 is 15.9 Å². The summed E-state index contributed by atoms with van der Waals surface area (Å²) in [7, 11) is 1.63. The molecule has 2 atom stereocenters. The summed E-state index contributed by atoms with van der Waals surface area (Å²) >= 11 is 3.40. The van der Waals surface area contributed by atoms with E-state index >= 15 is 0 Å². The summed E-state index contributed by atoms with van der Waals surface area (Å²) in [4.78, 5) is 0. The first-order valence-corrected chi connectivity index (χ1v) is 7.64. The number of halogens is 1. The highest BCUT2D eigenvalue weighted by atomic mass is 79.9. The molecule has 3 N–H and O–H groups in total. The second-order valence-electron chi connectivity index (χ2n) is 5.08. The Morgan fingerprint density at radius 3 is 2.43 bits per heavy atom. The van der Waals surface area contributed by atoms with Crippen LogP contribution in [-0.2, 0) is 0 Å². The highest BCUT2D eigenvalue weighted by Gasteiger charge is 2.24. The van der Waals surface area contributed by atoms with Crippen molar-refractivity contribution in [1.82, 2.24) is 0 Å². The molecule has 112 valence electrons. The highest BCUT2D eigenvalue weighted by molar-refractivity contribution is 9.10. The summed E-state index contributed by atoms with van der Waals surface area (Å²) in [6.45, 7) is 2.36. The van der Waals surface area contributed by atoms with Crippen LogP contribution in [0.1, 0.15) is 28.7 Å². The van der Waals surface area contributed by atoms with E-state index in [2.05, 4.69) is 15.9 Å². The summed E-state index contributed by atoms with van der Waals surface area (Å²) in [5.74, 6) is 0.549. The van der Waals surface area contributed by atoms with E-state index in [1.165, 1.54) is 0 Å². The summed E-state index contributed by atoms with van der Waals surface area (Å²) in [5.41, 5.74) is 8.82. The first-order valence-electron chi connectivity index (χ1n) is 6.85. The van der Waals surface area contributed by atoms with Crippen LogP contribution in [0.2, 0.25) is 0 Å². The minimum atomic E-state index is -0.668. The topological polar surface area (TPSA) is 55.5 Å². The number of hydrogen-bond donors (Lipinski definition) is 2. The van der Waals surface area contributed by atoms with E-state index in [4.69, 9.17) is 10.5 Å². The second-order valence-corrected chi connectivity index (χ2v) is 6.00. The third kappa shape index (κ3) is 3.64. The Labute approximate surface area is 133 Å². The van der Waals surface area contributed by atoms with Crippen LogP contribution in [0.3, 0.4) is 0 Å². The Bertz CT molecular complexity index is 598. The van der Waals surface area contributed by atoms with E-state index in [-0.39, 0.29) is 5.92 Å². The molecule has 2 rings (SSSR count). The fraction of sp³-hybridized carbons (Fsp3) is 0.294. The lowest BCUT2D eigenvalue weighted by Gasteiger charge is -2.24. The molecule has 0 aliphatic heterocycles. The molecule has 0 aromatic heterocycles. The van der Waals surface area contributed by atoms with Crippen LogP contribution < -0.4 is 10.5 Å². The summed E-state index contributed by atoms with van der Waals surface area (Å²) in [6, 6.07) is 13.6. The maximum Gasteiger partial charge on any atom is 0.122 e. The molecule has 0 saturated carbocycles. The predicted octanol–water partition coefficient (Wildman–Crippen LogP) is 3.54. The van der Waals surface area contributed by atoms with E-state index in [9.17, 15) is 5.11 Å². The molecule has 0 amide bonds. The molecule has 0 radical (unpaired) electrons. The number of aliphatic hydroxyl groups excluding tert-OH is 1. The maximum atomic E-state index is 10.7. The zero-order chi connectivity index (χ0) is 15.4. The van der Waals surface area contributed by atoms with E-state index in [0.29, 0.717) is 6.54 Å². The zero-order valence-electron chi connectivity index (χ0n) is 12.2. The quantitative estimate of drug-likeness (QED) is 0.867. The van der Waals surface area contributed by atoms with E-state index in [1.807, 2.05) is 49.4 Å². The van der Waals surface area contributed by atoms with Gasteiger partial charge in [0.2, 0.25) is 0 Å². The van der Waals surface area contributed by atoms with Gasteiger partial charge in [-0.2, -0.15) is 0 Å². The minimum Gasteiger partial charge on any atom is -0.496 e. The van der Waals surface area contributed by atoms with Crippen LogP contribution in [-0.4, -0.2) is 18.8 Å². The normalized spacial score (nSPS) is 13.8. The van der Waals surface area contributed by atoms with Gasteiger partial charge in [0.05, 0.1) is 13.2 Å². The molecular formula is C17H20BrNO2. The molecule has 0 aliphatic rings. The zero-order valence-corrected chi connectivity index (χ0v) is 13.8. The van der Waals surface area contributed by atoms with Crippen LogP contribution in [0, 0.1) is 6.92 Å². The van der Waals surface area contributed by atoms with Crippen molar-refractivity contribution < 1.29 is 9.84 Å². The lowest BCUT2D eigenvalue weighted by Crippen LogP contribution is -2.21. The summed E-state index contributed by atoms with van der Waals surface area (Å²) in [5, 5.41) is 10.7. The molecule has 21 heavy (non-hydrogen) atoms. The molecule has 4 heteroatoms. The van der Waals surface area contributed by atoms with Crippen LogP contribution in [0.4, 0.5) is 0 Å². The summed E-state index contributed by atoms with van der Waals surface area (Å²) < 4.78 is 6.40. The van der Waals surface area contributed by atoms with E-state index < -0.39 is 6.10 Å². The fourth-order valence-corrected chi connectivity index (χ4v) is 2.73. The smallest absolute Gasteiger partial charge is 0.122 e. The van der Waals surface area contributed by atoms with Gasteiger partial charge in [0.1, 0.15) is 5.75 Å². The molecule has 0 saturated heterocycles. The van der Waals surface area contributed by atoms with Gasteiger partial charge in [-0.05, 0) is 30.7 Å². The number of benzene rings is 2. The van der Waals surface area contributed by atoms with Gasteiger partial charge in [0.15, 0.2) is 0 Å². The molecule has 0 spiro atoms. The Hall–Kier alpha value is -1.36. The van der Waals surface area contributed by atoms with E-state index in [0.717, 1.165) is 26.9 Å².